The van der Waals surface area contributed by atoms with Crippen LogP contribution >= 0.6 is 0 Å². The Morgan fingerprint density at radius 3 is 2.52 bits per heavy atom. The maximum absolute atomic E-state index is 12.9. The highest BCUT2D eigenvalue weighted by molar-refractivity contribution is 7.89. The molecule has 1 aromatic rings. The summed E-state index contributed by atoms with van der Waals surface area (Å²) in [5.41, 5.74) is 0.0437. The van der Waals surface area contributed by atoms with Crippen molar-refractivity contribution in [2.24, 2.45) is 0 Å². The number of esters is 1. The zero-order chi connectivity index (χ0) is 21.1. The van der Waals surface area contributed by atoms with Gasteiger partial charge in [0, 0.05) is 6.54 Å². The fraction of sp³-hybridized carbons (Fsp3) is 0.550. The summed E-state index contributed by atoms with van der Waals surface area (Å²) in [6, 6.07) is 7.62. The minimum Gasteiger partial charge on any atom is -0.454 e. The maximum Gasteiger partial charge on any atom is 0.324 e. The number of nitrogens with zero attached hydrogens (tertiary/aromatic N) is 2. The number of nitriles is 1. The number of aryl methyl sites for hydroxylation is 1. The van der Waals surface area contributed by atoms with E-state index in [-0.39, 0.29) is 11.4 Å². The number of hydrogen-bond donors (Lipinski definition) is 1. The number of hydrogen-bond acceptors (Lipinski definition) is 6. The lowest BCUT2D eigenvalue weighted by molar-refractivity contribution is -0.152. The van der Waals surface area contributed by atoms with Gasteiger partial charge < -0.3 is 10.1 Å². The van der Waals surface area contributed by atoms with Crippen molar-refractivity contribution in [1.82, 2.24) is 9.62 Å². The molecule has 2 fully saturated rings. The standard InChI is InChI=1S/C20H25N3O5S/c1-15-6-8-16(9-7-15)29(26,27)23-12-4-5-17(23)19(25)28-13-18(24)22-20(14-21)10-2-3-11-20/h6-9,17H,2-5,10-13H2,1H3,(H,22,24). The fourth-order valence-electron chi connectivity index (χ4n) is 3.89. The Labute approximate surface area is 170 Å². The molecule has 0 spiro atoms. The number of carbonyl (C=O) groups is 2. The van der Waals surface area contributed by atoms with Crippen molar-refractivity contribution in [3.05, 3.63) is 29.8 Å². The minimum atomic E-state index is -3.83. The van der Waals surface area contributed by atoms with Crippen LogP contribution in [-0.2, 0) is 24.3 Å². The van der Waals surface area contributed by atoms with E-state index in [2.05, 4.69) is 11.4 Å². The molecule has 0 radical (unpaired) electrons. The van der Waals surface area contributed by atoms with Crippen LogP contribution in [0.2, 0.25) is 0 Å². The van der Waals surface area contributed by atoms with E-state index in [0.717, 1.165) is 22.7 Å². The number of carbonyl (C=O) groups excluding carboxylic acids is 2. The van der Waals surface area contributed by atoms with Crippen LogP contribution in [0.3, 0.4) is 0 Å². The topological polar surface area (TPSA) is 117 Å². The fourth-order valence-corrected chi connectivity index (χ4v) is 5.53. The predicted octanol–water partition coefficient (Wildman–Crippen LogP) is 1.64. The van der Waals surface area contributed by atoms with Crippen LogP contribution < -0.4 is 5.32 Å². The summed E-state index contributed by atoms with van der Waals surface area (Å²) in [5, 5.41) is 12.0. The number of nitrogens with one attached hydrogen (secondary N) is 1. The Bertz CT molecular complexity index is 914. The zero-order valence-corrected chi connectivity index (χ0v) is 17.2. The van der Waals surface area contributed by atoms with Gasteiger partial charge in [-0.2, -0.15) is 9.57 Å². The van der Waals surface area contributed by atoms with Crippen LogP contribution in [0.15, 0.2) is 29.2 Å². The van der Waals surface area contributed by atoms with E-state index in [1.54, 1.807) is 12.1 Å². The van der Waals surface area contributed by atoms with Crippen LogP contribution in [0.5, 0.6) is 0 Å². The van der Waals surface area contributed by atoms with E-state index in [0.29, 0.717) is 25.7 Å². The molecule has 9 heteroatoms. The third-order valence-corrected chi connectivity index (χ3v) is 7.42. The van der Waals surface area contributed by atoms with Gasteiger partial charge in [0.1, 0.15) is 11.6 Å². The Kier molecular flexibility index (Phi) is 6.24. The lowest BCUT2D eigenvalue weighted by atomic mass is 10.00. The maximum atomic E-state index is 12.9. The van der Waals surface area contributed by atoms with Gasteiger partial charge in [-0.25, -0.2) is 8.42 Å². The molecule has 1 atom stereocenters. The van der Waals surface area contributed by atoms with Crippen molar-refractivity contribution in [3.63, 3.8) is 0 Å². The molecule has 29 heavy (non-hydrogen) atoms. The van der Waals surface area contributed by atoms with E-state index < -0.39 is 40.1 Å². The van der Waals surface area contributed by atoms with E-state index in [1.165, 1.54) is 12.1 Å². The first-order valence-electron chi connectivity index (χ1n) is 9.75. The van der Waals surface area contributed by atoms with E-state index >= 15 is 0 Å². The summed E-state index contributed by atoms with van der Waals surface area (Å²) < 4.78 is 32.1. The molecule has 1 N–H and O–H groups in total. The molecule has 1 saturated carbocycles. The number of sulfonamides is 1. The van der Waals surface area contributed by atoms with Crippen molar-refractivity contribution in [2.45, 2.75) is 61.9 Å². The van der Waals surface area contributed by atoms with Crippen molar-refractivity contribution in [3.8, 4) is 6.07 Å². The molecule has 0 aromatic heterocycles. The SMILES string of the molecule is Cc1ccc(S(=O)(=O)N2CCCC2C(=O)OCC(=O)NC2(C#N)CCCC2)cc1. The second kappa shape index (κ2) is 8.51. The number of rotatable bonds is 6. The molecule has 8 nitrogen and oxygen atoms in total. The molecule has 1 aliphatic carbocycles. The zero-order valence-electron chi connectivity index (χ0n) is 16.4. The van der Waals surface area contributed by atoms with E-state index in [1.807, 2.05) is 6.92 Å². The molecule has 1 aliphatic heterocycles. The van der Waals surface area contributed by atoms with Gasteiger partial charge in [0.25, 0.3) is 5.91 Å². The predicted molar refractivity (Wildman–Crippen MR) is 104 cm³/mol. The monoisotopic (exact) mass is 419 g/mol. The first kappa shape index (κ1) is 21.3. The summed E-state index contributed by atoms with van der Waals surface area (Å²) in [4.78, 5) is 24.8. The molecule has 1 heterocycles. The number of amides is 1. The average Bonchev–Trinajstić information content (AvgIpc) is 3.37. The van der Waals surface area contributed by atoms with Gasteiger partial charge in [-0.05, 0) is 57.6 Å². The third-order valence-electron chi connectivity index (χ3n) is 5.50. The summed E-state index contributed by atoms with van der Waals surface area (Å²) in [7, 11) is -3.83. The number of benzene rings is 1. The summed E-state index contributed by atoms with van der Waals surface area (Å²) in [6.45, 7) is 1.55. The smallest absolute Gasteiger partial charge is 0.324 e. The molecule has 156 valence electrons. The molecular weight excluding hydrogens is 394 g/mol. The Morgan fingerprint density at radius 2 is 1.90 bits per heavy atom. The molecule has 2 aliphatic rings. The van der Waals surface area contributed by atoms with Crippen LogP contribution in [0, 0.1) is 18.3 Å². The number of ether oxygens (including phenoxy) is 1. The van der Waals surface area contributed by atoms with Gasteiger partial charge in [-0.3, -0.25) is 9.59 Å². The molecular formula is C20H25N3O5S. The average molecular weight is 420 g/mol. The van der Waals surface area contributed by atoms with Crippen molar-refractivity contribution < 1.29 is 22.7 Å². The Balaban J connectivity index is 1.62. The minimum absolute atomic E-state index is 0.123. The summed E-state index contributed by atoms with van der Waals surface area (Å²) >= 11 is 0. The quantitative estimate of drug-likeness (QED) is 0.701. The second-order valence-corrected chi connectivity index (χ2v) is 9.53. The highest BCUT2D eigenvalue weighted by Crippen LogP contribution is 2.29. The largest absolute Gasteiger partial charge is 0.454 e. The summed E-state index contributed by atoms with van der Waals surface area (Å²) in [5.74, 6) is -1.29. The van der Waals surface area contributed by atoms with Gasteiger partial charge >= 0.3 is 5.97 Å². The molecule has 1 amide bonds. The van der Waals surface area contributed by atoms with E-state index in [4.69, 9.17) is 4.74 Å². The first-order chi connectivity index (χ1) is 13.8. The van der Waals surface area contributed by atoms with Crippen LogP contribution in [0.1, 0.15) is 44.1 Å². The highest BCUT2D eigenvalue weighted by Gasteiger charge is 2.41. The van der Waals surface area contributed by atoms with Crippen molar-refractivity contribution in [2.75, 3.05) is 13.2 Å². The molecule has 1 saturated heterocycles. The normalized spacial score (nSPS) is 21.4. The summed E-state index contributed by atoms with van der Waals surface area (Å²) in [6.07, 6.45) is 3.76. The first-order valence-corrected chi connectivity index (χ1v) is 11.2. The van der Waals surface area contributed by atoms with Gasteiger partial charge in [0.2, 0.25) is 10.0 Å². The highest BCUT2D eigenvalue weighted by atomic mass is 32.2. The van der Waals surface area contributed by atoms with Crippen LogP contribution in [0.4, 0.5) is 0 Å². The lowest BCUT2D eigenvalue weighted by Crippen LogP contribution is -2.47. The van der Waals surface area contributed by atoms with Crippen molar-refractivity contribution in [1.29, 1.82) is 5.26 Å². The molecule has 3 rings (SSSR count). The molecule has 1 unspecified atom stereocenters. The van der Waals surface area contributed by atoms with Gasteiger partial charge in [0.05, 0.1) is 11.0 Å². The lowest BCUT2D eigenvalue weighted by Gasteiger charge is -2.24. The second-order valence-electron chi connectivity index (χ2n) is 7.64. The van der Waals surface area contributed by atoms with Gasteiger partial charge in [-0.15, -0.1) is 0 Å². The van der Waals surface area contributed by atoms with E-state index in [9.17, 15) is 23.3 Å². The van der Waals surface area contributed by atoms with Crippen LogP contribution in [-0.4, -0.2) is 49.3 Å². The Morgan fingerprint density at radius 1 is 1.24 bits per heavy atom. The molecule has 0 bridgehead atoms. The van der Waals surface area contributed by atoms with Gasteiger partial charge in [0.15, 0.2) is 6.61 Å². The Hall–Kier alpha value is -2.44. The van der Waals surface area contributed by atoms with Crippen LogP contribution in [0.25, 0.3) is 0 Å². The third kappa shape index (κ3) is 4.60. The van der Waals surface area contributed by atoms with Gasteiger partial charge in [-0.1, -0.05) is 17.7 Å². The molecule has 1 aromatic carbocycles. The van der Waals surface area contributed by atoms with Crippen molar-refractivity contribution >= 4 is 21.9 Å².